The third-order valence-electron chi connectivity index (χ3n) is 2.84. The molecule has 0 bridgehead atoms. The van der Waals surface area contributed by atoms with Gasteiger partial charge in [-0.25, -0.2) is 0 Å². The van der Waals surface area contributed by atoms with E-state index in [0.717, 1.165) is 12.8 Å². The van der Waals surface area contributed by atoms with Crippen LogP contribution in [-0.4, -0.2) is 0 Å². The summed E-state index contributed by atoms with van der Waals surface area (Å²) in [6.07, 6.45) is 20.6. The van der Waals surface area contributed by atoms with Crippen LogP contribution in [-0.2, 0) is 59.2 Å². The molecular formula is C18H36FePt2. The minimum Gasteiger partial charge on any atom is -0.343 e. The monoisotopic (exact) mass is 698 g/mol. The van der Waals surface area contributed by atoms with Gasteiger partial charge in [-0.1, -0.05) is 52.4 Å². The van der Waals surface area contributed by atoms with Gasteiger partial charge >= 0.3 is 42.1 Å². The average molecular weight is 698 g/mol. The molecule has 2 rings (SSSR count). The Bertz CT molecular complexity index is 80.6. The molecule has 0 amide bonds. The Labute approximate surface area is 175 Å². The first-order valence-electron chi connectivity index (χ1n) is 8.05. The predicted molar refractivity (Wildman–Crippen MR) is 86.1 cm³/mol. The molecule has 0 N–H and O–H groups in total. The van der Waals surface area contributed by atoms with E-state index in [0.29, 0.717) is 0 Å². The van der Waals surface area contributed by atoms with Crippen molar-refractivity contribution in [2.45, 2.75) is 90.9 Å². The van der Waals surface area contributed by atoms with Crippen molar-refractivity contribution in [1.82, 2.24) is 0 Å². The van der Waals surface area contributed by atoms with Crippen LogP contribution >= 0.6 is 0 Å². The summed E-state index contributed by atoms with van der Waals surface area (Å²) < 4.78 is 0. The molecule has 0 nitrogen and oxygen atoms in total. The summed E-state index contributed by atoms with van der Waals surface area (Å²) in [5.74, 6) is 0. The van der Waals surface area contributed by atoms with E-state index in [-0.39, 0.29) is 59.2 Å². The Morgan fingerprint density at radius 2 is 0.857 bits per heavy atom. The van der Waals surface area contributed by atoms with Crippen molar-refractivity contribution < 1.29 is 59.2 Å². The van der Waals surface area contributed by atoms with Crippen molar-refractivity contribution in [3.8, 4) is 0 Å². The van der Waals surface area contributed by atoms with Gasteiger partial charge in [0.25, 0.3) is 0 Å². The van der Waals surface area contributed by atoms with Gasteiger partial charge in [0.1, 0.15) is 0 Å². The van der Waals surface area contributed by atoms with Crippen molar-refractivity contribution in [3.05, 3.63) is 26.7 Å². The molecule has 0 heterocycles. The van der Waals surface area contributed by atoms with E-state index in [9.17, 15) is 0 Å². The maximum absolute atomic E-state index is 3.60. The zero-order chi connectivity index (χ0) is 13.9. The summed E-state index contributed by atoms with van der Waals surface area (Å²) >= 11 is 0. The molecule has 3 heteroatoms. The average Bonchev–Trinajstić information content (AvgIpc) is 3.14. The number of hydrogen-bond acceptors (Lipinski definition) is 0. The molecule has 0 aromatic rings. The first-order chi connectivity index (χ1) is 8.83. The summed E-state index contributed by atoms with van der Waals surface area (Å²) in [4.78, 5) is 0. The minimum atomic E-state index is 0. The normalized spacial score (nSPS) is 14.3. The second kappa shape index (κ2) is 37.8. The van der Waals surface area contributed by atoms with Crippen LogP contribution in [0.4, 0.5) is 0 Å². The van der Waals surface area contributed by atoms with Crippen LogP contribution in [0.15, 0.2) is 0 Å². The molecule has 2 aliphatic rings. The van der Waals surface area contributed by atoms with Crippen LogP contribution in [0.1, 0.15) is 90.9 Å². The fourth-order valence-corrected chi connectivity index (χ4v) is 1.44. The topological polar surface area (TPSA) is 0 Å². The van der Waals surface area contributed by atoms with Gasteiger partial charge in [0.15, 0.2) is 0 Å². The van der Waals surface area contributed by atoms with Crippen molar-refractivity contribution in [2.24, 2.45) is 0 Å². The predicted octanol–water partition coefficient (Wildman–Crippen LogP) is 6.76. The first kappa shape index (κ1) is 34.3. The largest absolute Gasteiger partial charge is 2.00 e. The molecule has 0 spiro atoms. The van der Waals surface area contributed by atoms with Crippen LogP contribution in [0.25, 0.3) is 0 Å². The van der Waals surface area contributed by atoms with Crippen molar-refractivity contribution in [1.29, 1.82) is 0 Å². The molecule has 136 valence electrons. The molecule has 2 aliphatic carbocycles. The summed E-state index contributed by atoms with van der Waals surface area (Å²) in [5.41, 5.74) is 0. The Morgan fingerprint density at radius 1 is 0.667 bits per heavy atom. The van der Waals surface area contributed by atoms with Crippen LogP contribution in [0.2, 0.25) is 0 Å². The van der Waals surface area contributed by atoms with E-state index in [4.69, 9.17) is 0 Å². The maximum Gasteiger partial charge on any atom is 2.00 e. The van der Waals surface area contributed by atoms with Gasteiger partial charge in [0, 0.05) is 17.1 Å². The third-order valence-corrected chi connectivity index (χ3v) is 2.84. The minimum absolute atomic E-state index is 0. The van der Waals surface area contributed by atoms with Crippen molar-refractivity contribution >= 4 is 0 Å². The zero-order valence-electron chi connectivity index (χ0n) is 14.0. The maximum atomic E-state index is 3.60. The van der Waals surface area contributed by atoms with E-state index < -0.39 is 0 Å². The quantitative estimate of drug-likeness (QED) is 0.221. The molecule has 0 aromatic carbocycles. The van der Waals surface area contributed by atoms with Gasteiger partial charge in [-0.15, -0.1) is 0 Å². The SMILES string of the molecule is [CH-]1CCCC1.[CH-]1CCCC1.[CH2-]CCC.[CH2-]CCC.[Fe].[Pt+2].[Pt+2]. The van der Waals surface area contributed by atoms with Crippen LogP contribution < -0.4 is 0 Å². The van der Waals surface area contributed by atoms with Crippen molar-refractivity contribution in [2.75, 3.05) is 0 Å². The molecule has 0 unspecified atom stereocenters. The van der Waals surface area contributed by atoms with Gasteiger partial charge in [-0.3, -0.25) is 0 Å². The fourth-order valence-electron chi connectivity index (χ4n) is 1.44. The number of hydrogen-bond donors (Lipinski definition) is 0. The molecule has 21 heavy (non-hydrogen) atoms. The molecule has 0 saturated heterocycles. The second-order valence-electron chi connectivity index (χ2n) is 4.85. The summed E-state index contributed by atoms with van der Waals surface area (Å²) in [6, 6.07) is 0. The van der Waals surface area contributed by atoms with E-state index in [1.807, 2.05) is 0 Å². The van der Waals surface area contributed by atoms with Gasteiger partial charge in [-0.2, -0.15) is 38.5 Å². The molecule has 2 fully saturated rings. The Hall–Kier alpha value is 1.90. The number of rotatable bonds is 2. The standard InChI is InChI=1S/2C5H9.2C4H9.Fe.2Pt/c2*1-2-4-5-3-1;2*1-3-4-2;;;/h2*1H,2-5H2;2*1,3-4H2,2H3;;;/q4*-1;;2*+2. The van der Waals surface area contributed by atoms with E-state index in [2.05, 4.69) is 40.5 Å². The number of unbranched alkanes of at least 4 members (excludes halogenated alkanes) is 2. The first-order valence-corrected chi connectivity index (χ1v) is 8.05. The zero-order valence-corrected chi connectivity index (χ0v) is 19.7. The molecule has 0 aromatic heterocycles. The molecule has 0 radical (unpaired) electrons. The van der Waals surface area contributed by atoms with Gasteiger partial charge in [-0.05, 0) is 0 Å². The van der Waals surface area contributed by atoms with Crippen LogP contribution in [0, 0.1) is 26.7 Å². The van der Waals surface area contributed by atoms with E-state index in [1.54, 1.807) is 0 Å². The van der Waals surface area contributed by atoms with Gasteiger partial charge in [0.2, 0.25) is 0 Å². The van der Waals surface area contributed by atoms with Crippen LogP contribution in [0.3, 0.4) is 0 Å². The van der Waals surface area contributed by atoms with Crippen molar-refractivity contribution in [3.63, 3.8) is 0 Å². The molecular weight excluding hydrogens is 662 g/mol. The smallest absolute Gasteiger partial charge is 0.343 e. The third kappa shape index (κ3) is 44.9. The van der Waals surface area contributed by atoms with E-state index in [1.165, 1.54) is 64.2 Å². The van der Waals surface area contributed by atoms with E-state index >= 15 is 0 Å². The second-order valence-corrected chi connectivity index (χ2v) is 4.85. The Morgan fingerprint density at radius 3 is 0.905 bits per heavy atom. The summed E-state index contributed by atoms with van der Waals surface area (Å²) in [7, 11) is 0. The van der Waals surface area contributed by atoms with Crippen LogP contribution in [0.5, 0.6) is 0 Å². The Balaban J connectivity index is -0.0000000522. The summed E-state index contributed by atoms with van der Waals surface area (Å²) in [5, 5.41) is 0. The molecule has 0 aliphatic heterocycles. The molecule has 0 atom stereocenters. The Kier molecular flexibility index (Phi) is 61.8. The van der Waals surface area contributed by atoms with Gasteiger partial charge in [0.05, 0.1) is 0 Å². The fraction of sp³-hybridized carbons (Fsp3) is 0.778. The molecule has 2 saturated carbocycles. The van der Waals surface area contributed by atoms with Gasteiger partial charge < -0.3 is 26.7 Å². The summed E-state index contributed by atoms with van der Waals surface area (Å²) in [6.45, 7) is 11.4.